The number of aromatic nitrogens is 2. The van der Waals surface area contributed by atoms with Crippen molar-refractivity contribution in [1.82, 2.24) is 14.9 Å². The number of phenolic OH excluding ortho intramolecular Hbond substituents is 1. The highest BCUT2D eigenvalue weighted by atomic mass is 16.5. The van der Waals surface area contributed by atoms with E-state index >= 15 is 0 Å². The van der Waals surface area contributed by atoms with Crippen LogP contribution >= 0.6 is 0 Å². The highest BCUT2D eigenvalue weighted by Crippen LogP contribution is 2.44. The fourth-order valence-electron chi connectivity index (χ4n) is 2.89. The number of phenols is 1. The van der Waals surface area contributed by atoms with Crippen LogP contribution in [0.1, 0.15) is 0 Å². The van der Waals surface area contributed by atoms with Gasteiger partial charge in [-0.15, -0.1) is 0 Å². The van der Waals surface area contributed by atoms with E-state index in [0.29, 0.717) is 28.3 Å². The molecule has 0 aliphatic rings. The molecule has 0 unspecified atom stereocenters. The third kappa shape index (κ3) is 4.61. The van der Waals surface area contributed by atoms with E-state index in [0.717, 1.165) is 11.3 Å². The first-order valence-corrected chi connectivity index (χ1v) is 9.36. The SMILES string of the molecule is COc1ccc(-c2cnc(/N=C(/N)N(C)C)nc2-c2c(O)cc(OC)cc2OC)cc1. The molecule has 0 radical (unpaired) electrons. The first-order chi connectivity index (χ1) is 14.9. The van der Waals surface area contributed by atoms with E-state index in [1.54, 1.807) is 38.4 Å². The lowest BCUT2D eigenvalue weighted by Gasteiger charge is -2.16. The van der Waals surface area contributed by atoms with Crippen LogP contribution in [0.25, 0.3) is 22.4 Å². The average Bonchev–Trinajstić information content (AvgIpc) is 2.78. The lowest BCUT2D eigenvalue weighted by molar-refractivity contribution is 0.386. The Kier molecular flexibility index (Phi) is 6.44. The summed E-state index contributed by atoms with van der Waals surface area (Å²) in [7, 11) is 8.16. The summed E-state index contributed by atoms with van der Waals surface area (Å²) in [5, 5.41) is 10.8. The van der Waals surface area contributed by atoms with Crippen LogP contribution < -0.4 is 19.9 Å². The van der Waals surface area contributed by atoms with Crippen LogP contribution in [0.5, 0.6) is 23.0 Å². The van der Waals surface area contributed by atoms with Crippen molar-refractivity contribution in [3.8, 4) is 45.4 Å². The van der Waals surface area contributed by atoms with Crippen molar-refractivity contribution in [3.63, 3.8) is 0 Å². The Bertz CT molecular complexity index is 1100. The Morgan fingerprint density at radius 1 is 1.00 bits per heavy atom. The zero-order valence-corrected chi connectivity index (χ0v) is 18.1. The van der Waals surface area contributed by atoms with E-state index < -0.39 is 0 Å². The Morgan fingerprint density at radius 3 is 2.26 bits per heavy atom. The molecular formula is C22H25N5O4. The molecule has 162 valence electrons. The van der Waals surface area contributed by atoms with Gasteiger partial charge in [0.15, 0.2) is 5.96 Å². The van der Waals surface area contributed by atoms with Crippen molar-refractivity contribution >= 4 is 11.9 Å². The number of guanidine groups is 1. The van der Waals surface area contributed by atoms with Crippen LogP contribution in [-0.4, -0.2) is 61.4 Å². The molecule has 9 heteroatoms. The van der Waals surface area contributed by atoms with Gasteiger partial charge in [-0.2, -0.15) is 4.99 Å². The van der Waals surface area contributed by atoms with Crippen molar-refractivity contribution in [3.05, 3.63) is 42.6 Å². The standard InChI is InChI=1S/C22H25N5O4/c1-27(2)21(23)26-22-24-12-16(13-6-8-14(29-3)9-7-13)20(25-22)19-17(28)10-15(30-4)11-18(19)31-5/h6-12,28H,1-5H3,(H2,23,24,25,26). The Morgan fingerprint density at radius 2 is 1.68 bits per heavy atom. The fraction of sp³-hybridized carbons (Fsp3) is 0.227. The zero-order valence-electron chi connectivity index (χ0n) is 18.1. The maximum Gasteiger partial charge on any atom is 0.253 e. The summed E-state index contributed by atoms with van der Waals surface area (Å²) in [6.45, 7) is 0. The average molecular weight is 423 g/mol. The molecule has 0 aliphatic carbocycles. The van der Waals surface area contributed by atoms with Crippen LogP contribution in [-0.2, 0) is 0 Å². The number of nitrogens with two attached hydrogens (primary N) is 1. The second kappa shape index (κ2) is 9.21. The molecular weight excluding hydrogens is 398 g/mol. The van der Waals surface area contributed by atoms with Gasteiger partial charge < -0.3 is 30.0 Å². The molecule has 0 aliphatic heterocycles. The van der Waals surface area contributed by atoms with E-state index in [4.69, 9.17) is 19.9 Å². The van der Waals surface area contributed by atoms with Crippen LogP contribution in [0.4, 0.5) is 5.95 Å². The maximum atomic E-state index is 10.8. The molecule has 3 aromatic rings. The number of ether oxygens (including phenoxy) is 3. The van der Waals surface area contributed by atoms with Crippen molar-refractivity contribution < 1.29 is 19.3 Å². The highest BCUT2D eigenvalue weighted by Gasteiger charge is 2.21. The monoisotopic (exact) mass is 423 g/mol. The summed E-state index contributed by atoms with van der Waals surface area (Å²) in [6.07, 6.45) is 1.63. The molecule has 2 aromatic carbocycles. The molecule has 0 fully saturated rings. The molecule has 1 heterocycles. The molecule has 3 N–H and O–H groups in total. The van der Waals surface area contributed by atoms with Gasteiger partial charge in [-0.3, -0.25) is 0 Å². The van der Waals surface area contributed by atoms with Crippen LogP contribution in [0, 0.1) is 0 Å². The first-order valence-electron chi connectivity index (χ1n) is 9.36. The molecule has 9 nitrogen and oxygen atoms in total. The second-order valence-electron chi connectivity index (χ2n) is 6.75. The molecule has 31 heavy (non-hydrogen) atoms. The third-order valence-corrected chi connectivity index (χ3v) is 4.60. The molecule has 0 spiro atoms. The minimum Gasteiger partial charge on any atom is -0.507 e. The van der Waals surface area contributed by atoms with E-state index in [2.05, 4.69) is 15.0 Å². The first kappa shape index (κ1) is 21.7. The zero-order chi connectivity index (χ0) is 22.5. The maximum absolute atomic E-state index is 10.8. The number of benzene rings is 2. The molecule has 1 aromatic heterocycles. The number of rotatable bonds is 6. The number of aliphatic imine (C=N–C) groups is 1. The lowest BCUT2D eigenvalue weighted by Crippen LogP contribution is -2.30. The summed E-state index contributed by atoms with van der Waals surface area (Å²) in [5.74, 6) is 1.90. The summed E-state index contributed by atoms with van der Waals surface area (Å²) in [4.78, 5) is 14.8. The van der Waals surface area contributed by atoms with Gasteiger partial charge in [0.2, 0.25) is 0 Å². The molecule has 0 saturated heterocycles. The minimum atomic E-state index is -0.0554. The van der Waals surface area contributed by atoms with Gasteiger partial charge in [-0.25, -0.2) is 9.97 Å². The van der Waals surface area contributed by atoms with Crippen molar-refractivity contribution in [1.29, 1.82) is 0 Å². The summed E-state index contributed by atoms with van der Waals surface area (Å²) in [5.41, 5.74) is 8.25. The largest absolute Gasteiger partial charge is 0.507 e. The smallest absolute Gasteiger partial charge is 0.253 e. The predicted molar refractivity (Wildman–Crippen MR) is 119 cm³/mol. The van der Waals surface area contributed by atoms with Crippen molar-refractivity contribution in [2.24, 2.45) is 10.7 Å². The predicted octanol–water partition coefficient (Wildman–Crippen LogP) is 3.05. The quantitative estimate of drug-likeness (QED) is 0.459. The van der Waals surface area contributed by atoms with E-state index in [1.165, 1.54) is 20.3 Å². The molecule has 0 saturated carbocycles. The molecule has 0 amide bonds. The summed E-state index contributed by atoms with van der Waals surface area (Å²) >= 11 is 0. The fourth-order valence-corrected chi connectivity index (χ4v) is 2.89. The minimum absolute atomic E-state index is 0.0554. The molecule has 0 bridgehead atoms. The Labute approximate surface area is 180 Å². The van der Waals surface area contributed by atoms with Gasteiger partial charge in [-0.1, -0.05) is 12.1 Å². The molecule has 3 rings (SSSR count). The van der Waals surface area contributed by atoms with Crippen molar-refractivity contribution in [2.45, 2.75) is 0 Å². The number of nitrogens with zero attached hydrogens (tertiary/aromatic N) is 4. The Hall–Kier alpha value is -4.01. The van der Waals surface area contributed by atoms with Gasteiger partial charge >= 0.3 is 0 Å². The van der Waals surface area contributed by atoms with E-state index in [1.807, 2.05) is 24.3 Å². The lowest BCUT2D eigenvalue weighted by atomic mass is 9.99. The van der Waals surface area contributed by atoms with Crippen LogP contribution in [0.2, 0.25) is 0 Å². The number of aromatic hydroxyl groups is 1. The van der Waals surface area contributed by atoms with Crippen LogP contribution in [0.15, 0.2) is 47.6 Å². The highest BCUT2D eigenvalue weighted by molar-refractivity contribution is 5.88. The van der Waals surface area contributed by atoms with Gasteiger partial charge in [-0.05, 0) is 17.7 Å². The third-order valence-electron chi connectivity index (χ3n) is 4.60. The number of methoxy groups -OCH3 is 3. The number of hydrogen-bond donors (Lipinski definition) is 2. The Balaban J connectivity index is 2.28. The van der Waals surface area contributed by atoms with Gasteiger partial charge in [0.25, 0.3) is 5.95 Å². The topological polar surface area (TPSA) is 115 Å². The summed E-state index contributed by atoms with van der Waals surface area (Å²) < 4.78 is 16.0. The number of hydrogen-bond acceptors (Lipinski definition) is 7. The van der Waals surface area contributed by atoms with Gasteiger partial charge in [0, 0.05) is 38.0 Å². The van der Waals surface area contributed by atoms with E-state index in [-0.39, 0.29) is 17.7 Å². The van der Waals surface area contributed by atoms with Gasteiger partial charge in [0.1, 0.15) is 23.0 Å². The van der Waals surface area contributed by atoms with Crippen LogP contribution in [0.3, 0.4) is 0 Å². The normalized spacial score (nSPS) is 11.2. The summed E-state index contributed by atoms with van der Waals surface area (Å²) in [6, 6.07) is 10.6. The van der Waals surface area contributed by atoms with Gasteiger partial charge in [0.05, 0.1) is 32.6 Å². The van der Waals surface area contributed by atoms with E-state index in [9.17, 15) is 5.11 Å². The molecule has 0 atom stereocenters. The van der Waals surface area contributed by atoms with Crippen molar-refractivity contribution in [2.75, 3.05) is 35.4 Å². The second-order valence-corrected chi connectivity index (χ2v) is 6.75.